The third kappa shape index (κ3) is 3.37. The van der Waals surface area contributed by atoms with Crippen molar-refractivity contribution in [2.45, 2.75) is 31.7 Å². The van der Waals surface area contributed by atoms with Crippen molar-refractivity contribution in [3.63, 3.8) is 0 Å². The van der Waals surface area contributed by atoms with Gasteiger partial charge in [-0.05, 0) is 19.3 Å². The summed E-state index contributed by atoms with van der Waals surface area (Å²) in [6, 6.07) is 0. The van der Waals surface area contributed by atoms with Gasteiger partial charge in [0.1, 0.15) is 10.7 Å². The maximum atomic E-state index is 12.7. The molecule has 6 nitrogen and oxygen atoms in total. The molecule has 1 saturated carbocycles. The lowest BCUT2D eigenvalue weighted by molar-refractivity contribution is 0.0765. The van der Waals surface area contributed by atoms with Gasteiger partial charge in [0.25, 0.3) is 5.91 Å². The van der Waals surface area contributed by atoms with Crippen LogP contribution in [-0.2, 0) is 13.6 Å². The number of hydrogen-bond acceptors (Lipinski definition) is 5. The molecule has 2 fully saturated rings. The Labute approximate surface area is 146 Å². The van der Waals surface area contributed by atoms with Crippen LogP contribution in [0.1, 0.15) is 45.7 Å². The lowest BCUT2D eigenvalue weighted by Crippen LogP contribution is -2.35. The molecule has 1 aliphatic heterocycles. The molecule has 2 aromatic heterocycles. The number of rotatable bonds is 4. The molecule has 0 radical (unpaired) electrons. The third-order valence-corrected chi connectivity index (χ3v) is 5.97. The summed E-state index contributed by atoms with van der Waals surface area (Å²) in [5, 5.41) is 1.14. The van der Waals surface area contributed by atoms with Crippen LogP contribution in [0.2, 0.25) is 0 Å². The monoisotopic (exact) mass is 345 g/mol. The molecule has 0 atom stereocenters. The van der Waals surface area contributed by atoms with Gasteiger partial charge in [-0.1, -0.05) is 0 Å². The fourth-order valence-electron chi connectivity index (χ4n) is 3.14. The molecule has 2 aliphatic rings. The minimum Gasteiger partial charge on any atom is -0.337 e. The van der Waals surface area contributed by atoms with Crippen LogP contribution in [0.15, 0.2) is 18.6 Å². The first kappa shape index (κ1) is 15.8. The van der Waals surface area contributed by atoms with Crippen molar-refractivity contribution in [3.8, 4) is 0 Å². The van der Waals surface area contributed by atoms with Crippen LogP contribution >= 0.6 is 11.3 Å². The Balaban J connectivity index is 1.36. The van der Waals surface area contributed by atoms with E-state index in [-0.39, 0.29) is 5.91 Å². The molecule has 1 saturated heterocycles. The van der Waals surface area contributed by atoms with Gasteiger partial charge in [-0.2, -0.15) is 0 Å². The number of aryl methyl sites for hydroxylation is 1. The second kappa shape index (κ2) is 6.64. The lowest BCUT2D eigenvalue weighted by Gasteiger charge is -2.21. The van der Waals surface area contributed by atoms with Gasteiger partial charge in [-0.3, -0.25) is 9.69 Å². The normalized spacial score (nSPS) is 19.5. The Bertz CT molecular complexity index is 720. The first-order valence-corrected chi connectivity index (χ1v) is 9.46. The van der Waals surface area contributed by atoms with Crippen LogP contribution in [0, 0.1) is 0 Å². The van der Waals surface area contributed by atoms with E-state index >= 15 is 0 Å². The van der Waals surface area contributed by atoms with Gasteiger partial charge in [0.2, 0.25) is 0 Å². The van der Waals surface area contributed by atoms with E-state index in [1.54, 1.807) is 17.5 Å². The van der Waals surface area contributed by atoms with Crippen molar-refractivity contribution >= 4 is 17.2 Å². The summed E-state index contributed by atoms with van der Waals surface area (Å²) in [7, 11) is 2.03. The predicted octanol–water partition coefficient (Wildman–Crippen LogP) is 2.10. The summed E-state index contributed by atoms with van der Waals surface area (Å²) < 4.78 is 2.06. The van der Waals surface area contributed by atoms with Crippen molar-refractivity contribution in [2.75, 3.05) is 26.2 Å². The molecular formula is C17H23N5OS. The Hall–Kier alpha value is -1.73. The fourth-order valence-corrected chi connectivity index (χ4v) is 4.20. The molecule has 0 N–H and O–H groups in total. The molecule has 0 aromatic carbocycles. The number of thiazole rings is 1. The molecule has 1 amide bonds. The predicted molar refractivity (Wildman–Crippen MR) is 93.1 cm³/mol. The van der Waals surface area contributed by atoms with Crippen LogP contribution in [0.5, 0.6) is 0 Å². The van der Waals surface area contributed by atoms with E-state index < -0.39 is 0 Å². The van der Waals surface area contributed by atoms with Crippen molar-refractivity contribution < 1.29 is 4.79 Å². The number of aromatic nitrogens is 3. The van der Waals surface area contributed by atoms with Gasteiger partial charge in [0.05, 0.1) is 17.7 Å². The summed E-state index contributed by atoms with van der Waals surface area (Å²) >= 11 is 1.59. The Morgan fingerprint density at radius 3 is 2.88 bits per heavy atom. The average molecular weight is 345 g/mol. The SMILES string of the molecule is Cn1ccnc1CN1CCCN(C(=O)c2cnc(C3CC3)s2)CC1. The molecule has 1 aliphatic carbocycles. The van der Waals surface area contributed by atoms with E-state index in [0.717, 1.165) is 54.9 Å². The zero-order valence-electron chi connectivity index (χ0n) is 14.0. The standard InChI is InChI=1S/C17H23N5OS/c1-20-8-5-18-15(20)12-21-6-2-7-22(10-9-21)17(23)14-11-19-16(24-14)13-3-4-13/h5,8,11,13H,2-4,6-7,9-10,12H2,1H3. The van der Waals surface area contributed by atoms with Gasteiger partial charge in [0.15, 0.2) is 0 Å². The molecule has 24 heavy (non-hydrogen) atoms. The molecule has 0 spiro atoms. The number of amides is 1. The molecule has 3 heterocycles. The van der Waals surface area contributed by atoms with E-state index in [9.17, 15) is 4.79 Å². The van der Waals surface area contributed by atoms with E-state index in [1.165, 1.54) is 12.8 Å². The van der Waals surface area contributed by atoms with Crippen LogP contribution in [0.25, 0.3) is 0 Å². The summed E-state index contributed by atoms with van der Waals surface area (Å²) in [4.78, 5) is 26.8. The number of hydrogen-bond donors (Lipinski definition) is 0. The minimum atomic E-state index is 0.151. The van der Waals surface area contributed by atoms with Gasteiger partial charge >= 0.3 is 0 Å². The van der Waals surface area contributed by atoms with Crippen molar-refractivity contribution in [3.05, 3.63) is 34.3 Å². The first-order chi connectivity index (χ1) is 11.7. The summed E-state index contributed by atoms with van der Waals surface area (Å²) in [6.07, 6.45) is 9.05. The molecular weight excluding hydrogens is 322 g/mol. The Morgan fingerprint density at radius 1 is 1.25 bits per heavy atom. The van der Waals surface area contributed by atoms with E-state index in [0.29, 0.717) is 5.92 Å². The molecule has 0 unspecified atom stereocenters. The van der Waals surface area contributed by atoms with Crippen molar-refractivity contribution in [1.82, 2.24) is 24.3 Å². The first-order valence-electron chi connectivity index (χ1n) is 8.64. The van der Waals surface area contributed by atoms with E-state index in [2.05, 4.69) is 19.4 Å². The number of carbonyl (C=O) groups is 1. The van der Waals surface area contributed by atoms with Crippen LogP contribution in [0.3, 0.4) is 0 Å². The van der Waals surface area contributed by atoms with E-state index in [4.69, 9.17) is 0 Å². The van der Waals surface area contributed by atoms with Gasteiger partial charge in [0, 0.05) is 51.5 Å². The average Bonchev–Trinajstić information content (AvgIpc) is 3.25. The number of nitrogens with zero attached hydrogens (tertiary/aromatic N) is 5. The van der Waals surface area contributed by atoms with Crippen LogP contribution in [0.4, 0.5) is 0 Å². The Morgan fingerprint density at radius 2 is 2.12 bits per heavy atom. The topological polar surface area (TPSA) is 54.3 Å². The van der Waals surface area contributed by atoms with Crippen LogP contribution < -0.4 is 0 Å². The number of carbonyl (C=O) groups excluding carboxylic acids is 1. The molecule has 128 valence electrons. The van der Waals surface area contributed by atoms with Gasteiger partial charge < -0.3 is 9.47 Å². The zero-order chi connectivity index (χ0) is 16.5. The fraction of sp³-hybridized carbons (Fsp3) is 0.588. The highest BCUT2D eigenvalue weighted by Gasteiger charge is 2.29. The molecule has 0 bridgehead atoms. The maximum absolute atomic E-state index is 12.7. The maximum Gasteiger partial charge on any atom is 0.265 e. The summed E-state index contributed by atoms with van der Waals surface area (Å²) in [6.45, 7) is 4.35. The lowest BCUT2D eigenvalue weighted by atomic mass is 10.3. The highest BCUT2D eigenvalue weighted by Crippen LogP contribution is 2.41. The van der Waals surface area contributed by atoms with Gasteiger partial charge in [-0.25, -0.2) is 9.97 Å². The quantitative estimate of drug-likeness (QED) is 0.852. The largest absolute Gasteiger partial charge is 0.337 e. The minimum absolute atomic E-state index is 0.151. The van der Waals surface area contributed by atoms with Crippen molar-refractivity contribution in [1.29, 1.82) is 0 Å². The van der Waals surface area contributed by atoms with Crippen molar-refractivity contribution in [2.24, 2.45) is 7.05 Å². The smallest absolute Gasteiger partial charge is 0.265 e. The second-order valence-corrected chi connectivity index (χ2v) is 7.78. The molecule has 2 aromatic rings. The number of imidazole rings is 1. The van der Waals surface area contributed by atoms with E-state index in [1.807, 2.05) is 24.3 Å². The molecule has 4 rings (SSSR count). The summed E-state index contributed by atoms with van der Waals surface area (Å²) in [5.41, 5.74) is 0. The summed E-state index contributed by atoms with van der Waals surface area (Å²) in [5.74, 6) is 1.85. The highest BCUT2D eigenvalue weighted by atomic mass is 32.1. The van der Waals surface area contributed by atoms with Gasteiger partial charge in [-0.15, -0.1) is 11.3 Å². The highest BCUT2D eigenvalue weighted by molar-refractivity contribution is 7.13. The zero-order valence-corrected chi connectivity index (χ0v) is 14.8. The van der Waals surface area contributed by atoms with Crippen LogP contribution in [-0.4, -0.2) is 56.4 Å². The second-order valence-electron chi connectivity index (χ2n) is 6.71. The third-order valence-electron chi connectivity index (χ3n) is 4.82. The Kier molecular flexibility index (Phi) is 4.37. The molecule has 7 heteroatoms.